The van der Waals surface area contributed by atoms with Crippen molar-refractivity contribution in [2.24, 2.45) is 11.7 Å². The number of hydrogen-bond acceptors (Lipinski definition) is 4. The second-order valence-electron chi connectivity index (χ2n) is 5.32. The van der Waals surface area contributed by atoms with Crippen molar-refractivity contribution in [2.75, 3.05) is 0 Å². The number of ether oxygens (including phenoxy) is 1. The van der Waals surface area contributed by atoms with Crippen LogP contribution in [0.4, 0.5) is 0 Å². The lowest BCUT2D eigenvalue weighted by Gasteiger charge is -2.28. The van der Waals surface area contributed by atoms with Crippen LogP contribution in [-0.2, 0) is 14.3 Å². The van der Waals surface area contributed by atoms with Gasteiger partial charge in [0.1, 0.15) is 11.1 Å². The van der Waals surface area contributed by atoms with Gasteiger partial charge < -0.3 is 15.6 Å². The maximum absolute atomic E-state index is 11.8. The number of rotatable bonds is 2. The van der Waals surface area contributed by atoms with Gasteiger partial charge in [-0.05, 0) is 33.6 Å². The minimum absolute atomic E-state index is 0.326. The van der Waals surface area contributed by atoms with Crippen molar-refractivity contribution in [3.05, 3.63) is 0 Å². The molecule has 1 rings (SSSR count). The molecule has 0 radical (unpaired) electrons. The van der Waals surface area contributed by atoms with Crippen molar-refractivity contribution < 1.29 is 19.4 Å². The maximum Gasteiger partial charge on any atom is 0.324 e. The summed E-state index contributed by atoms with van der Waals surface area (Å²) in [5.41, 5.74) is 3.70. The van der Waals surface area contributed by atoms with E-state index in [0.717, 1.165) is 0 Å². The number of esters is 1. The zero-order chi connectivity index (χ0) is 12.6. The summed E-state index contributed by atoms with van der Waals surface area (Å²) in [5, 5.41) is 9.06. The Hall–Kier alpha value is -1.10. The fourth-order valence-corrected chi connectivity index (χ4v) is 1.99. The number of carboxylic acids is 1. The molecule has 0 unspecified atom stereocenters. The molecule has 2 atom stereocenters. The normalized spacial score (nSPS) is 30.1. The lowest BCUT2D eigenvalue weighted by molar-refractivity contribution is -0.166. The summed E-state index contributed by atoms with van der Waals surface area (Å²) in [6, 6.07) is 0. The highest BCUT2D eigenvalue weighted by atomic mass is 16.6. The smallest absolute Gasteiger partial charge is 0.324 e. The van der Waals surface area contributed by atoms with Gasteiger partial charge in [0, 0.05) is 0 Å². The first-order valence-corrected chi connectivity index (χ1v) is 5.42. The molecule has 0 heterocycles. The molecule has 0 bridgehead atoms. The summed E-state index contributed by atoms with van der Waals surface area (Å²) in [4.78, 5) is 22.9. The first-order chi connectivity index (χ1) is 7.17. The second-order valence-corrected chi connectivity index (χ2v) is 5.32. The molecule has 0 aliphatic heterocycles. The summed E-state index contributed by atoms with van der Waals surface area (Å²) in [6.45, 7) is 5.25. The molecule has 0 aromatic carbocycles. The van der Waals surface area contributed by atoms with Gasteiger partial charge in [0.15, 0.2) is 0 Å². The highest BCUT2D eigenvalue weighted by Gasteiger charge is 2.51. The van der Waals surface area contributed by atoms with Gasteiger partial charge in [-0.25, -0.2) is 0 Å². The van der Waals surface area contributed by atoms with Crippen LogP contribution in [0.2, 0.25) is 0 Å². The molecule has 0 spiro atoms. The van der Waals surface area contributed by atoms with E-state index in [1.165, 1.54) is 0 Å². The van der Waals surface area contributed by atoms with Crippen LogP contribution in [0.3, 0.4) is 0 Å². The molecule has 1 aliphatic carbocycles. The molecule has 5 nitrogen and oxygen atoms in total. The SMILES string of the molecule is CC(C)(C)OC(=O)[C@H]1CCC[C@@]1(N)C(=O)O. The number of carbonyl (C=O) groups is 2. The number of carbonyl (C=O) groups excluding carboxylic acids is 1. The van der Waals surface area contributed by atoms with E-state index >= 15 is 0 Å². The van der Waals surface area contributed by atoms with Crippen molar-refractivity contribution in [1.82, 2.24) is 0 Å². The summed E-state index contributed by atoms with van der Waals surface area (Å²) in [6.07, 6.45) is 1.46. The van der Waals surface area contributed by atoms with Gasteiger partial charge in [-0.1, -0.05) is 6.42 Å². The third kappa shape index (κ3) is 2.52. The molecule has 0 aromatic heterocycles. The van der Waals surface area contributed by atoms with Crippen LogP contribution in [0.25, 0.3) is 0 Å². The van der Waals surface area contributed by atoms with Crippen molar-refractivity contribution in [3.63, 3.8) is 0 Å². The molecule has 0 saturated heterocycles. The Morgan fingerprint density at radius 2 is 2.00 bits per heavy atom. The van der Waals surface area contributed by atoms with Gasteiger partial charge in [0.2, 0.25) is 0 Å². The second kappa shape index (κ2) is 4.05. The summed E-state index contributed by atoms with van der Waals surface area (Å²) >= 11 is 0. The standard InChI is InChI=1S/C11H19NO4/c1-10(2,3)16-8(13)7-5-4-6-11(7,12)9(14)15/h7H,4-6,12H2,1-3H3,(H,14,15)/t7-,11+/m1/s1. The zero-order valence-corrected chi connectivity index (χ0v) is 9.95. The number of nitrogens with two attached hydrogens (primary N) is 1. The average Bonchev–Trinajstić information content (AvgIpc) is 2.45. The third-order valence-electron chi connectivity index (χ3n) is 2.79. The Labute approximate surface area is 95.0 Å². The molecule has 1 saturated carbocycles. The summed E-state index contributed by atoms with van der Waals surface area (Å²) in [7, 11) is 0. The lowest BCUT2D eigenvalue weighted by Crippen LogP contribution is -2.54. The number of carboxylic acid groups (broad SMARTS) is 1. The van der Waals surface area contributed by atoms with Crippen LogP contribution in [0.5, 0.6) is 0 Å². The van der Waals surface area contributed by atoms with Crippen molar-refractivity contribution >= 4 is 11.9 Å². The van der Waals surface area contributed by atoms with Crippen molar-refractivity contribution in [2.45, 2.75) is 51.2 Å². The van der Waals surface area contributed by atoms with Gasteiger partial charge in [0.05, 0.1) is 5.92 Å². The Kier molecular flexibility index (Phi) is 3.28. The molecule has 16 heavy (non-hydrogen) atoms. The Morgan fingerprint density at radius 3 is 2.44 bits per heavy atom. The number of aliphatic carboxylic acids is 1. The minimum atomic E-state index is -1.46. The van der Waals surface area contributed by atoms with Crippen LogP contribution < -0.4 is 5.73 Å². The highest BCUT2D eigenvalue weighted by Crippen LogP contribution is 2.35. The topological polar surface area (TPSA) is 89.6 Å². The van der Waals surface area contributed by atoms with E-state index in [9.17, 15) is 9.59 Å². The van der Waals surface area contributed by atoms with Gasteiger partial charge >= 0.3 is 11.9 Å². The van der Waals surface area contributed by atoms with E-state index in [0.29, 0.717) is 19.3 Å². The van der Waals surface area contributed by atoms with Crippen LogP contribution in [0.15, 0.2) is 0 Å². The van der Waals surface area contributed by atoms with Gasteiger partial charge in [-0.3, -0.25) is 9.59 Å². The van der Waals surface area contributed by atoms with E-state index in [2.05, 4.69) is 0 Å². The van der Waals surface area contributed by atoms with Crippen molar-refractivity contribution in [1.29, 1.82) is 0 Å². The Balaban J connectivity index is 2.80. The maximum atomic E-state index is 11.8. The molecular weight excluding hydrogens is 210 g/mol. The van der Waals surface area contributed by atoms with E-state index in [4.69, 9.17) is 15.6 Å². The Bertz CT molecular complexity index is 308. The molecule has 1 fully saturated rings. The van der Waals surface area contributed by atoms with E-state index in [-0.39, 0.29) is 0 Å². The predicted molar refractivity (Wildman–Crippen MR) is 57.7 cm³/mol. The first-order valence-electron chi connectivity index (χ1n) is 5.42. The van der Waals surface area contributed by atoms with Gasteiger partial charge in [-0.15, -0.1) is 0 Å². The third-order valence-corrected chi connectivity index (χ3v) is 2.79. The molecular formula is C11H19NO4. The van der Waals surface area contributed by atoms with Crippen LogP contribution in [-0.4, -0.2) is 28.2 Å². The van der Waals surface area contributed by atoms with E-state index in [1.54, 1.807) is 20.8 Å². The monoisotopic (exact) mass is 229 g/mol. The quantitative estimate of drug-likeness (QED) is 0.687. The highest BCUT2D eigenvalue weighted by molar-refractivity contribution is 5.88. The first kappa shape index (κ1) is 13.0. The Morgan fingerprint density at radius 1 is 1.44 bits per heavy atom. The molecule has 0 amide bonds. The molecule has 0 aromatic rings. The summed E-state index contributed by atoms with van der Waals surface area (Å²) in [5.74, 6) is -2.36. The molecule has 92 valence electrons. The molecule has 1 aliphatic rings. The van der Waals surface area contributed by atoms with Gasteiger partial charge in [-0.2, -0.15) is 0 Å². The lowest BCUT2D eigenvalue weighted by atomic mass is 9.88. The fourth-order valence-electron chi connectivity index (χ4n) is 1.99. The minimum Gasteiger partial charge on any atom is -0.480 e. The van der Waals surface area contributed by atoms with Gasteiger partial charge in [0.25, 0.3) is 0 Å². The zero-order valence-electron chi connectivity index (χ0n) is 9.95. The largest absolute Gasteiger partial charge is 0.480 e. The van der Waals surface area contributed by atoms with Crippen LogP contribution in [0.1, 0.15) is 40.0 Å². The van der Waals surface area contributed by atoms with E-state index in [1.807, 2.05) is 0 Å². The number of hydrogen-bond donors (Lipinski definition) is 2. The van der Waals surface area contributed by atoms with E-state index < -0.39 is 29.0 Å². The fraction of sp³-hybridized carbons (Fsp3) is 0.818. The van der Waals surface area contributed by atoms with Crippen LogP contribution in [0, 0.1) is 5.92 Å². The van der Waals surface area contributed by atoms with Crippen molar-refractivity contribution in [3.8, 4) is 0 Å². The summed E-state index contributed by atoms with van der Waals surface area (Å²) < 4.78 is 5.18. The van der Waals surface area contributed by atoms with Crippen LogP contribution >= 0.6 is 0 Å². The molecule has 5 heteroatoms. The molecule has 3 N–H and O–H groups in total. The predicted octanol–water partition coefficient (Wildman–Crippen LogP) is 0.910. The average molecular weight is 229 g/mol.